The number of hydrogen-bond acceptors (Lipinski definition) is 3. The second-order valence-electron chi connectivity index (χ2n) is 5.72. The zero-order valence-corrected chi connectivity index (χ0v) is 14.4. The van der Waals surface area contributed by atoms with Gasteiger partial charge in [0.1, 0.15) is 5.75 Å². The van der Waals surface area contributed by atoms with E-state index in [4.69, 9.17) is 4.74 Å². The van der Waals surface area contributed by atoms with Crippen LogP contribution in [0.25, 0.3) is 0 Å². The van der Waals surface area contributed by atoms with E-state index in [1.54, 1.807) is 7.11 Å². The summed E-state index contributed by atoms with van der Waals surface area (Å²) < 4.78 is 5.47. The molecule has 2 rings (SSSR count). The molecule has 0 aliphatic carbocycles. The molecule has 124 valence electrons. The summed E-state index contributed by atoms with van der Waals surface area (Å²) >= 11 is 0. The van der Waals surface area contributed by atoms with E-state index in [9.17, 15) is 0 Å². The molecule has 0 saturated heterocycles. The fourth-order valence-corrected chi connectivity index (χ4v) is 2.88. The van der Waals surface area contributed by atoms with Crippen molar-refractivity contribution in [1.29, 1.82) is 0 Å². The topological polar surface area (TPSA) is 33.3 Å². The van der Waals surface area contributed by atoms with Gasteiger partial charge in [-0.15, -0.1) is 0 Å². The normalized spacial score (nSPS) is 13.5. The lowest BCUT2D eigenvalue weighted by molar-refractivity contribution is 0.245. The largest absolute Gasteiger partial charge is 0.496 e. The van der Waals surface area contributed by atoms with Gasteiger partial charge < -0.3 is 4.74 Å². The van der Waals surface area contributed by atoms with Crippen molar-refractivity contribution in [3.05, 3.63) is 65.7 Å². The van der Waals surface area contributed by atoms with Crippen LogP contribution in [0.3, 0.4) is 0 Å². The Kier molecular flexibility index (Phi) is 6.63. The fourth-order valence-electron chi connectivity index (χ4n) is 2.88. The van der Waals surface area contributed by atoms with Crippen LogP contribution in [0.4, 0.5) is 0 Å². The van der Waals surface area contributed by atoms with Gasteiger partial charge in [-0.25, -0.2) is 0 Å². The summed E-state index contributed by atoms with van der Waals surface area (Å²) in [5, 5.41) is 7.44. The molecular weight excluding hydrogens is 284 g/mol. The van der Waals surface area contributed by atoms with Gasteiger partial charge in [0, 0.05) is 12.1 Å². The molecule has 2 aromatic carbocycles. The molecule has 0 spiro atoms. The molecule has 23 heavy (non-hydrogen) atoms. The molecule has 0 aliphatic heterocycles. The van der Waals surface area contributed by atoms with Crippen LogP contribution in [0, 0.1) is 0 Å². The summed E-state index contributed by atoms with van der Waals surface area (Å²) in [6.07, 6.45) is 2.07. The molecule has 1 atom stereocenters. The van der Waals surface area contributed by atoms with E-state index in [2.05, 4.69) is 66.9 Å². The van der Waals surface area contributed by atoms with Crippen LogP contribution < -0.4 is 15.4 Å². The highest BCUT2D eigenvalue weighted by Gasteiger charge is 2.28. The first-order valence-corrected chi connectivity index (χ1v) is 8.43. The molecule has 0 aromatic heterocycles. The molecule has 0 saturated carbocycles. The number of ether oxygens (including phenoxy) is 1. The summed E-state index contributed by atoms with van der Waals surface area (Å²) in [6, 6.07) is 18.8. The van der Waals surface area contributed by atoms with Gasteiger partial charge in [-0.05, 0) is 31.0 Å². The third kappa shape index (κ3) is 4.34. The summed E-state index contributed by atoms with van der Waals surface area (Å²) in [5.74, 6) is 0.925. The third-order valence-corrected chi connectivity index (χ3v) is 4.25. The molecule has 2 N–H and O–H groups in total. The zero-order valence-electron chi connectivity index (χ0n) is 14.4. The van der Waals surface area contributed by atoms with Gasteiger partial charge in [-0.3, -0.25) is 10.6 Å². The molecule has 0 radical (unpaired) electrons. The van der Waals surface area contributed by atoms with Crippen LogP contribution in [-0.2, 0) is 12.2 Å². The minimum atomic E-state index is -0.224. The van der Waals surface area contributed by atoms with E-state index >= 15 is 0 Å². The summed E-state index contributed by atoms with van der Waals surface area (Å²) in [6.45, 7) is 6.13. The first-order valence-electron chi connectivity index (χ1n) is 8.43. The number of hydrogen-bond donors (Lipinski definition) is 2. The highest BCUT2D eigenvalue weighted by molar-refractivity contribution is 5.33. The molecule has 0 amide bonds. The summed E-state index contributed by atoms with van der Waals surface area (Å²) in [5.41, 5.74) is 2.21. The van der Waals surface area contributed by atoms with Crippen LogP contribution in [0.2, 0.25) is 0 Å². The minimum Gasteiger partial charge on any atom is -0.496 e. The molecule has 2 aromatic rings. The van der Waals surface area contributed by atoms with Crippen LogP contribution in [0.5, 0.6) is 5.75 Å². The van der Waals surface area contributed by atoms with Gasteiger partial charge in [-0.1, -0.05) is 62.4 Å². The maximum atomic E-state index is 5.47. The summed E-state index contributed by atoms with van der Waals surface area (Å²) in [4.78, 5) is 0. The maximum Gasteiger partial charge on any atom is 0.123 e. The number of nitrogens with one attached hydrogen (secondary N) is 2. The minimum absolute atomic E-state index is 0.224. The molecule has 0 unspecified atom stereocenters. The average molecular weight is 312 g/mol. The number of benzene rings is 2. The predicted molar refractivity (Wildman–Crippen MR) is 96.5 cm³/mol. The Hall–Kier alpha value is -1.84. The van der Waals surface area contributed by atoms with Crippen molar-refractivity contribution in [2.24, 2.45) is 0 Å². The molecule has 3 heteroatoms. The number of para-hydroxylation sites is 1. The first-order chi connectivity index (χ1) is 11.3. The van der Waals surface area contributed by atoms with E-state index in [1.165, 1.54) is 11.1 Å². The zero-order chi connectivity index (χ0) is 16.5. The average Bonchev–Trinajstić information content (AvgIpc) is 2.63. The van der Waals surface area contributed by atoms with Crippen LogP contribution >= 0.6 is 0 Å². The van der Waals surface area contributed by atoms with Gasteiger partial charge in [0.05, 0.1) is 12.8 Å². The lowest BCUT2D eigenvalue weighted by Gasteiger charge is -2.36. The highest BCUT2D eigenvalue weighted by atomic mass is 16.5. The van der Waals surface area contributed by atoms with E-state index in [0.717, 1.165) is 31.7 Å². The number of methoxy groups -OCH3 is 1. The van der Waals surface area contributed by atoms with E-state index < -0.39 is 0 Å². The highest BCUT2D eigenvalue weighted by Crippen LogP contribution is 2.24. The van der Waals surface area contributed by atoms with Crippen LogP contribution in [0.15, 0.2) is 54.6 Å². The van der Waals surface area contributed by atoms with Gasteiger partial charge in [-0.2, -0.15) is 0 Å². The standard InChI is InChI=1S/C20H28N2O/c1-4-15-21-20(5-2,18-12-7-6-8-13-18)22-16-17-11-9-10-14-19(17)23-3/h6-14,21-22H,4-5,15-16H2,1-3H3/t20-/m1/s1. The van der Waals surface area contributed by atoms with Crippen LogP contribution in [-0.4, -0.2) is 13.7 Å². The predicted octanol–water partition coefficient (Wildman–Crippen LogP) is 4.05. The molecule has 3 nitrogen and oxygen atoms in total. The number of rotatable bonds is 9. The molecule has 0 heterocycles. The SMILES string of the molecule is CCCN[C@](CC)(NCc1ccccc1OC)c1ccccc1. The molecule has 0 aliphatic rings. The van der Waals surface area contributed by atoms with Gasteiger partial charge in [0.15, 0.2) is 0 Å². The monoisotopic (exact) mass is 312 g/mol. The molecule has 0 fully saturated rings. The van der Waals surface area contributed by atoms with Gasteiger partial charge >= 0.3 is 0 Å². The fraction of sp³-hybridized carbons (Fsp3) is 0.400. The van der Waals surface area contributed by atoms with E-state index in [-0.39, 0.29) is 5.66 Å². The van der Waals surface area contributed by atoms with Crippen molar-refractivity contribution >= 4 is 0 Å². The first kappa shape index (κ1) is 17.5. The molecule has 0 bridgehead atoms. The van der Waals surface area contributed by atoms with Crippen molar-refractivity contribution in [2.75, 3.05) is 13.7 Å². The van der Waals surface area contributed by atoms with E-state index in [1.807, 2.05) is 12.1 Å². The lowest BCUT2D eigenvalue weighted by Crippen LogP contribution is -2.53. The van der Waals surface area contributed by atoms with Crippen molar-refractivity contribution in [2.45, 2.75) is 38.9 Å². The van der Waals surface area contributed by atoms with Crippen molar-refractivity contribution in [1.82, 2.24) is 10.6 Å². The Morgan fingerprint density at radius 3 is 2.26 bits per heavy atom. The van der Waals surface area contributed by atoms with Gasteiger partial charge in [0.2, 0.25) is 0 Å². The second-order valence-corrected chi connectivity index (χ2v) is 5.72. The van der Waals surface area contributed by atoms with Crippen LogP contribution in [0.1, 0.15) is 37.8 Å². The van der Waals surface area contributed by atoms with Crippen molar-refractivity contribution in [3.63, 3.8) is 0 Å². The Balaban J connectivity index is 2.23. The van der Waals surface area contributed by atoms with Gasteiger partial charge in [0.25, 0.3) is 0 Å². The Bertz CT molecular complexity index is 585. The Morgan fingerprint density at radius 1 is 0.913 bits per heavy atom. The Labute approximate surface area is 140 Å². The second kappa shape index (κ2) is 8.70. The maximum absolute atomic E-state index is 5.47. The quantitative estimate of drug-likeness (QED) is 0.685. The molecular formula is C20H28N2O. The lowest BCUT2D eigenvalue weighted by atomic mass is 9.95. The Morgan fingerprint density at radius 2 is 1.61 bits per heavy atom. The van der Waals surface area contributed by atoms with E-state index in [0.29, 0.717) is 0 Å². The summed E-state index contributed by atoms with van der Waals surface area (Å²) in [7, 11) is 1.72. The third-order valence-electron chi connectivity index (χ3n) is 4.25. The van der Waals surface area contributed by atoms with Crippen molar-refractivity contribution < 1.29 is 4.74 Å². The smallest absolute Gasteiger partial charge is 0.123 e. The van der Waals surface area contributed by atoms with Crippen molar-refractivity contribution in [3.8, 4) is 5.75 Å².